The second-order valence-electron chi connectivity index (χ2n) is 3.10. The number of amides is 1. The van der Waals surface area contributed by atoms with E-state index in [1.54, 1.807) is 29.2 Å². The maximum Gasteiger partial charge on any atom is 0.270 e. The van der Waals surface area contributed by atoms with Crippen LogP contribution in [0.2, 0.25) is 0 Å². The predicted octanol–water partition coefficient (Wildman–Crippen LogP) is 2.42. The first-order valence-electron chi connectivity index (χ1n) is 4.66. The highest BCUT2D eigenvalue weighted by Gasteiger charge is 2.05. The third-order valence-corrected chi connectivity index (χ3v) is 3.99. The number of carbonyl (C=O) groups is 1. The molecule has 2 rings (SSSR count). The molecule has 0 aliphatic rings. The normalized spacial score (nSPS) is 11.1. The number of carbonyl (C=O) groups excluding carboxylic acids is 1. The fourth-order valence-electron chi connectivity index (χ4n) is 1.30. The van der Waals surface area contributed by atoms with Crippen molar-refractivity contribution in [2.24, 2.45) is 5.16 Å². The highest BCUT2D eigenvalue weighted by Crippen LogP contribution is 2.29. The van der Waals surface area contributed by atoms with Gasteiger partial charge in [0.25, 0.3) is 5.91 Å². The molecule has 0 aliphatic carbocycles. The van der Waals surface area contributed by atoms with Crippen molar-refractivity contribution in [3.8, 4) is 0 Å². The lowest BCUT2D eigenvalue weighted by Gasteiger charge is -2.00. The number of thioether (sulfide) groups is 1. The molecule has 0 atom stereocenters. The van der Waals surface area contributed by atoms with Crippen LogP contribution in [0.15, 0.2) is 27.7 Å². The van der Waals surface area contributed by atoms with Gasteiger partial charge >= 0.3 is 0 Å². The molecule has 88 valence electrons. The van der Waals surface area contributed by atoms with E-state index in [2.05, 4.69) is 15.5 Å². The van der Waals surface area contributed by atoms with Crippen molar-refractivity contribution < 1.29 is 10.0 Å². The van der Waals surface area contributed by atoms with Gasteiger partial charge in [-0.05, 0) is 24.5 Å². The highest BCUT2D eigenvalue weighted by atomic mass is 32.2. The molecule has 1 aromatic heterocycles. The van der Waals surface area contributed by atoms with E-state index in [1.165, 1.54) is 0 Å². The van der Waals surface area contributed by atoms with Crippen molar-refractivity contribution in [1.82, 2.24) is 4.98 Å². The van der Waals surface area contributed by atoms with Gasteiger partial charge in [0.2, 0.25) is 0 Å². The average molecular weight is 267 g/mol. The van der Waals surface area contributed by atoms with Crippen LogP contribution in [0.25, 0.3) is 10.2 Å². The Morgan fingerprint density at radius 3 is 3.18 bits per heavy atom. The maximum atomic E-state index is 11.2. The number of hydrogen-bond donors (Lipinski definition) is 2. The molecule has 0 radical (unpaired) electrons. The van der Waals surface area contributed by atoms with Gasteiger partial charge in [-0.3, -0.25) is 4.79 Å². The van der Waals surface area contributed by atoms with Crippen LogP contribution in [0, 0.1) is 0 Å². The molecular formula is C10H9N3O2S2. The third kappa shape index (κ3) is 2.75. The fraction of sp³-hybridized carbons (Fsp3) is 0.100. The average Bonchev–Trinajstić information content (AvgIpc) is 2.71. The predicted molar refractivity (Wildman–Crippen MR) is 70.3 cm³/mol. The van der Waals surface area contributed by atoms with Crippen molar-refractivity contribution >= 4 is 51.1 Å². The molecule has 0 saturated heterocycles. The Bertz CT molecular complexity index is 580. The van der Waals surface area contributed by atoms with Gasteiger partial charge in [-0.1, -0.05) is 16.9 Å². The fourth-order valence-corrected chi connectivity index (χ4v) is 2.82. The van der Waals surface area contributed by atoms with Gasteiger partial charge in [0.1, 0.15) is 6.21 Å². The molecule has 0 saturated carbocycles. The van der Waals surface area contributed by atoms with Gasteiger partial charge in [0, 0.05) is 5.69 Å². The number of nitrogens with zero attached hydrogens (tertiary/aromatic N) is 2. The summed E-state index contributed by atoms with van der Waals surface area (Å²) in [5.41, 5.74) is 1.56. The lowest BCUT2D eigenvalue weighted by atomic mass is 10.3. The minimum atomic E-state index is -0.471. The van der Waals surface area contributed by atoms with E-state index in [0.29, 0.717) is 5.69 Å². The maximum absolute atomic E-state index is 11.2. The Morgan fingerprint density at radius 2 is 2.47 bits per heavy atom. The number of nitrogens with one attached hydrogen (secondary N) is 1. The van der Waals surface area contributed by atoms with Gasteiger partial charge in [-0.2, -0.15) is 0 Å². The van der Waals surface area contributed by atoms with E-state index in [0.717, 1.165) is 20.8 Å². The summed E-state index contributed by atoms with van der Waals surface area (Å²) in [6.07, 6.45) is 2.78. The van der Waals surface area contributed by atoms with Gasteiger partial charge in [-0.25, -0.2) is 4.98 Å². The summed E-state index contributed by atoms with van der Waals surface area (Å²) in [4.78, 5) is 15.6. The molecule has 1 aromatic carbocycles. The minimum absolute atomic E-state index is 0.471. The summed E-state index contributed by atoms with van der Waals surface area (Å²) >= 11 is 3.16. The zero-order valence-electron chi connectivity index (χ0n) is 8.88. The number of benzene rings is 1. The summed E-state index contributed by atoms with van der Waals surface area (Å²) in [5.74, 6) is -0.471. The molecule has 0 fully saturated rings. The molecule has 1 heterocycles. The molecule has 0 aliphatic heterocycles. The summed E-state index contributed by atoms with van der Waals surface area (Å²) in [6.45, 7) is 0. The largest absolute Gasteiger partial charge is 0.411 e. The zero-order chi connectivity index (χ0) is 12.3. The number of rotatable bonds is 3. The van der Waals surface area contributed by atoms with Crippen molar-refractivity contribution in [2.75, 3.05) is 11.6 Å². The number of anilines is 1. The number of oxime groups is 1. The Morgan fingerprint density at radius 1 is 1.65 bits per heavy atom. The first-order chi connectivity index (χ1) is 8.22. The Balaban J connectivity index is 2.27. The molecule has 0 spiro atoms. The SMILES string of the molecule is CSc1nc2ccc(NC(=O)C=NO)cc2s1. The van der Waals surface area contributed by atoms with Gasteiger partial charge in [0.15, 0.2) is 4.34 Å². The second-order valence-corrected chi connectivity index (χ2v) is 5.18. The minimum Gasteiger partial charge on any atom is -0.411 e. The van der Waals surface area contributed by atoms with Crippen LogP contribution in [0.5, 0.6) is 0 Å². The summed E-state index contributed by atoms with van der Waals surface area (Å²) in [6, 6.07) is 5.45. The quantitative estimate of drug-likeness (QED) is 0.387. The molecule has 5 nitrogen and oxygen atoms in total. The van der Waals surface area contributed by atoms with E-state index < -0.39 is 5.91 Å². The highest BCUT2D eigenvalue weighted by molar-refractivity contribution is 8.00. The number of thiazole rings is 1. The lowest BCUT2D eigenvalue weighted by Crippen LogP contribution is -2.12. The topological polar surface area (TPSA) is 74.6 Å². The summed E-state index contributed by atoms with van der Waals surface area (Å²) in [7, 11) is 0. The molecule has 0 unspecified atom stereocenters. The molecule has 0 bridgehead atoms. The number of hydrogen-bond acceptors (Lipinski definition) is 6. The second kappa shape index (κ2) is 5.15. The van der Waals surface area contributed by atoms with E-state index in [-0.39, 0.29) is 0 Å². The number of aromatic nitrogens is 1. The van der Waals surface area contributed by atoms with Crippen LogP contribution in [0.4, 0.5) is 5.69 Å². The van der Waals surface area contributed by atoms with E-state index in [4.69, 9.17) is 5.21 Å². The molecule has 2 N–H and O–H groups in total. The van der Waals surface area contributed by atoms with Gasteiger partial charge in [-0.15, -0.1) is 11.3 Å². The van der Waals surface area contributed by atoms with Crippen molar-refractivity contribution in [2.45, 2.75) is 4.34 Å². The summed E-state index contributed by atoms with van der Waals surface area (Å²) in [5, 5.41) is 13.5. The van der Waals surface area contributed by atoms with E-state index in [9.17, 15) is 4.79 Å². The van der Waals surface area contributed by atoms with Crippen LogP contribution in [-0.4, -0.2) is 28.6 Å². The Labute approximate surface area is 106 Å². The van der Waals surface area contributed by atoms with Crippen LogP contribution in [0.1, 0.15) is 0 Å². The van der Waals surface area contributed by atoms with Crippen LogP contribution in [-0.2, 0) is 4.79 Å². The van der Waals surface area contributed by atoms with E-state index >= 15 is 0 Å². The smallest absolute Gasteiger partial charge is 0.270 e. The van der Waals surface area contributed by atoms with Crippen LogP contribution in [0.3, 0.4) is 0 Å². The molecule has 17 heavy (non-hydrogen) atoms. The van der Waals surface area contributed by atoms with Crippen molar-refractivity contribution in [1.29, 1.82) is 0 Å². The zero-order valence-corrected chi connectivity index (χ0v) is 10.5. The summed E-state index contributed by atoms with van der Waals surface area (Å²) < 4.78 is 1.99. The van der Waals surface area contributed by atoms with Gasteiger partial charge < -0.3 is 10.5 Å². The lowest BCUT2D eigenvalue weighted by molar-refractivity contribution is -0.110. The van der Waals surface area contributed by atoms with Gasteiger partial charge in [0.05, 0.1) is 10.2 Å². The molecular weight excluding hydrogens is 258 g/mol. The Hall–Kier alpha value is -1.60. The first-order valence-corrected chi connectivity index (χ1v) is 6.70. The van der Waals surface area contributed by atoms with Crippen LogP contribution >= 0.6 is 23.1 Å². The third-order valence-electron chi connectivity index (χ3n) is 1.99. The van der Waals surface area contributed by atoms with Crippen molar-refractivity contribution in [3.05, 3.63) is 18.2 Å². The number of fused-ring (bicyclic) bond motifs is 1. The van der Waals surface area contributed by atoms with E-state index in [1.807, 2.05) is 18.4 Å². The standard InChI is InChI=1S/C10H9N3O2S2/c1-16-10-13-7-3-2-6(4-8(7)17-10)12-9(14)5-11-15/h2-5,15H,1H3,(H,12,14). The monoisotopic (exact) mass is 267 g/mol. The molecule has 1 amide bonds. The molecule has 2 aromatic rings. The van der Waals surface area contributed by atoms with Crippen molar-refractivity contribution in [3.63, 3.8) is 0 Å². The first kappa shape index (κ1) is 11.9. The Kier molecular flexibility index (Phi) is 3.60. The van der Waals surface area contributed by atoms with Crippen LogP contribution < -0.4 is 5.32 Å². The molecule has 7 heteroatoms.